The molecule has 0 saturated heterocycles. The van der Waals surface area contributed by atoms with Crippen molar-refractivity contribution < 1.29 is 9.13 Å². The highest BCUT2D eigenvalue weighted by molar-refractivity contribution is 5.61. The van der Waals surface area contributed by atoms with Gasteiger partial charge in [-0.15, -0.1) is 0 Å². The van der Waals surface area contributed by atoms with E-state index in [4.69, 9.17) is 10.5 Å². The Morgan fingerprint density at radius 1 is 1.28 bits per heavy atom. The number of nitrogens with two attached hydrogens (primary N) is 1. The molecule has 1 aromatic carbocycles. The van der Waals surface area contributed by atoms with Gasteiger partial charge in [-0.25, -0.2) is 4.39 Å². The average molecular weight is 248 g/mol. The van der Waals surface area contributed by atoms with Crippen molar-refractivity contribution in [1.29, 1.82) is 0 Å². The van der Waals surface area contributed by atoms with Crippen LogP contribution in [0.15, 0.2) is 24.3 Å². The van der Waals surface area contributed by atoms with Gasteiger partial charge in [0.05, 0.1) is 7.11 Å². The van der Waals surface area contributed by atoms with Crippen molar-refractivity contribution in [3.8, 4) is 5.88 Å². The molecule has 0 amide bonds. The van der Waals surface area contributed by atoms with E-state index < -0.39 is 0 Å². The van der Waals surface area contributed by atoms with Gasteiger partial charge in [0.1, 0.15) is 11.6 Å². The highest BCUT2D eigenvalue weighted by Crippen LogP contribution is 2.22. The van der Waals surface area contributed by atoms with Gasteiger partial charge in [-0.05, 0) is 24.6 Å². The summed E-state index contributed by atoms with van der Waals surface area (Å²) in [6, 6.07) is 6.05. The first-order valence-corrected chi connectivity index (χ1v) is 5.30. The lowest BCUT2D eigenvalue weighted by Gasteiger charge is -2.10. The molecule has 6 heteroatoms. The largest absolute Gasteiger partial charge is 0.481 e. The summed E-state index contributed by atoms with van der Waals surface area (Å²) in [5, 5.41) is 2.98. The van der Waals surface area contributed by atoms with Crippen LogP contribution in [0, 0.1) is 12.7 Å². The Bertz CT molecular complexity index is 574. The number of hydrogen-bond donors (Lipinski definition) is 2. The van der Waals surface area contributed by atoms with Gasteiger partial charge in [0, 0.05) is 11.8 Å². The van der Waals surface area contributed by atoms with E-state index in [1.807, 2.05) is 6.92 Å². The minimum absolute atomic E-state index is 0.0888. The summed E-state index contributed by atoms with van der Waals surface area (Å²) in [5.74, 6) is 0.565. The van der Waals surface area contributed by atoms with Gasteiger partial charge >= 0.3 is 0 Å². The highest BCUT2D eigenvalue weighted by Gasteiger charge is 2.05. The van der Waals surface area contributed by atoms with E-state index >= 15 is 0 Å². The summed E-state index contributed by atoms with van der Waals surface area (Å²) in [6.45, 7) is 1.86. The van der Waals surface area contributed by atoms with E-state index in [-0.39, 0.29) is 11.8 Å². The van der Waals surface area contributed by atoms with Crippen LogP contribution in [-0.2, 0) is 0 Å². The molecule has 0 radical (unpaired) electrons. The van der Waals surface area contributed by atoms with Gasteiger partial charge in [-0.1, -0.05) is 6.07 Å². The van der Waals surface area contributed by atoms with Crippen LogP contribution in [0.25, 0.3) is 0 Å². The van der Waals surface area contributed by atoms with Crippen LogP contribution < -0.4 is 15.8 Å². The summed E-state index contributed by atoms with van der Waals surface area (Å²) >= 11 is 0. The number of hydrogen-bond acceptors (Lipinski definition) is 5. The number of benzene rings is 1. The molecule has 5 nitrogen and oxygen atoms in total. The molecule has 0 unspecified atom stereocenters. The number of aromatic nitrogens is 2. The van der Waals surface area contributed by atoms with Crippen molar-refractivity contribution >= 4 is 17.5 Å². The minimum Gasteiger partial charge on any atom is -0.481 e. The van der Waals surface area contributed by atoms with Crippen LogP contribution in [-0.4, -0.2) is 17.1 Å². The number of anilines is 3. The van der Waals surface area contributed by atoms with E-state index in [1.54, 1.807) is 12.1 Å². The highest BCUT2D eigenvalue weighted by atomic mass is 19.1. The minimum atomic E-state index is -0.322. The van der Waals surface area contributed by atoms with Crippen LogP contribution in [0.2, 0.25) is 0 Å². The number of nitrogen functional groups attached to an aromatic ring is 1. The topological polar surface area (TPSA) is 73.1 Å². The van der Waals surface area contributed by atoms with Gasteiger partial charge in [0.15, 0.2) is 0 Å². The zero-order chi connectivity index (χ0) is 13.1. The molecule has 3 N–H and O–H groups in total. The SMILES string of the molecule is COc1cc(Nc2cc(F)ccc2C)nc(N)n1. The lowest BCUT2D eigenvalue weighted by molar-refractivity contribution is 0.398. The molecular formula is C12H13FN4O. The molecule has 0 spiro atoms. The average Bonchev–Trinajstić information content (AvgIpc) is 2.33. The number of rotatable bonds is 3. The summed E-state index contributed by atoms with van der Waals surface area (Å²) < 4.78 is 18.1. The number of aryl methyl sites for hydroxylation is 1. The van der Waals surface area contributed by atoms with E-state index in [0.29, 0.717) is 17.4 Å². The van der Waals surface area contributed by atoms with Crippen LogP contribution in [0.4, 0.5) is 21.8 Å². The lowest BCUT2D eigenvalue weighted by Crippen LogP contribution is -2.02. The third-order valence-electron chi connectivity index (χ3n) is 2.39. The van der Waals surface area contributed by atoms with Crippen LogP contribution in [0.1, 0.15) is 5.56 Å². The molecule has 1 aromatic heterocycles. The second-order valence-electron chi connectivity index (χ2n) is 3.74. The fourth-order valence-corrected chi connectivity index (χ4v) is 1.48. The number of ether oxygens (including phenoxy) is 1. The molecule has 2 rings (SSSR count). The molecule has 0 fully saturated rings. The molecular weight excluding hydrogens is 235 g/mol. The summed E-state index contributed by atoms with van der Waals surface area (Å²) in [5.41, 5.74) is 7.06. The molecule has 0 aliphatic rings. The number of halogens is 1. The molecule has 0 aliphatic carbocycles. The first-order valence-electron chi connectivity index (χ1n) is 5.30. The monoisotopic (exact) mass is 248 g/mol. The summed E-state index contributed by atoms with van der Waals surface area (Å²) in [7, 11) is 1.49. The Hall–Kier alpha value is -2.37. The first-order chi connectivity index (χ1) is 8.58. The van der Waals surface area contributed by atoms with E-state index in [2.05, 4.69) is 15.3 Å². The zero-order valence-corrected chi connectivity index (χ0v) is 10.1. The van der Waals surface area contributed by atoms with Crippen LogP contribution >= 0.6 is 0 Å². The van der Waals surface area contributed by atoms with Crippen molar-refractivity contribution in [3.63, 3.8) is 0 Å². The molecule has 18 heavy (non-hydrogen) atoms. The van der Waals surface area contributed by atoms with E-state index in [9.17, 15) is 4.39 Å². The maximum atomic E-state index is 13.2. The number of methoxy groups -OCH3 is 1. The molecule has 0 saturated carbocycles. The Morgan fingerprint density at radius 2 is 2.06 bits per heavy atom. The van der Waals surface area contributed by atoms with Gasteiger partial charge in [0.2, 0.25) is 11.8 Å². The van der Waals surface area contributed by atoms with Crippen molar-refractivity contribution in [2.24, 2.45) is 0 Å². The van der Waals surface area contributed by atoms with Crippen molar-refractivity contribution in [2.45, 2.75) is 6.92 Å². The normalized spacial score (nSPS) is 10.2. The Labute approximate surface area is 104 Å². The fraction of sp³-hybridized carbons (Fsp3) is 0.167. The Kier molecular flexibility index (Phi) is 3.27. The van der Waals surface area contributed by atoms with Crippen molar-refractivity contribution in [3.05, 3.63) is 35.6 Å². The Morgan fingerprint density at radius 3 is 2.78 bits per heavy atom. The molecule has 0 aliphatic heterocycles. The zero-order valence-electron chi connectivity index (χ0n) is 10.1. The van der Waals surface area contributed by atoms with Gasteiger partial charge in [-0.3, -0.25) is 0 Å². The standard InChI is InChI=1S/C12H13FN4O/c1-7-3-4-8(13)5-9(7)15-10-6-11(18-2)17-12(14)16-10/h3-6H,1-2H3,(H3,14,15,16,17). The molecule has 1 heterocycles. The molecule has 94 valence electrons. The van der Waals surface area contributed by atoms with Crippen LogP contribution in [0.5, 0.6) is 5.88 Å². The fourth-order valence-electron chi connectivity index (χ4n) is 1.48. The third kappa shape index (κ3) is 2.65. The molecule has 2 aromatic rings. The summed E-state index contributed by atoms with van der Waals surface area (Å²) in [6.07, 6.45) is 0. The first kappa shape index (κ1) is 12.1. The predicted octanol–water partition coefficient (Wildman–Crippen LogP) is 2.26. The van der Waals surface area contributed by atoms with E-state index in [1.165, 1.54) is 19.2 Å². The van der Waals surface area contributed by atoms with Gasteiger partial charge < -0.3 is 15.8 Å². The summed E-state index contributed by atoms with van der Waals surface area (Å²) in [4.78, 5) is 7.87. The maximum Gasteiger partial charge on any atom is 0.225 e. The Balaban J connectivity index is 2.33. The second-order valence-corrected chi connectivity index (χ2v) is 3.74. The maximum absolute atomic E-state index is 13.2. The smallest absolute Gasteiger partial charge is 0.225 e. The lowest BCUT2D eigenvalue weighted by atomic mass is 10.2. The number of nitrogens with one attached hydrogen (secondary N) is 1. The van der Waals surface area contributed by atoms with E-state index in [0.717, 1.165) is 5.56 Å². The quantitative estimate of drug-likeness (QED) is 0.871. The van der Waals surface area contributed by atoms with Gasteiger partial charge in [-0.2, -0.15) is 9.97 Å². The van der Waals surface area contributed by atoms with Gasteiger partial charge in [0.25, 0.3) is 0 Å². The van der Waals surface area contributed by atoms with Crippen molar-refractivity contribution in [2.75, 3.05) is 18.2 Å². The number of nitrogens with zero attached hydrogens (tertiary/aromatic N) is 2. The predicted molar refractivity (Wildman–Crippen MR) is 67.4 cm³/mol. The second kappa shape index (κ2) is 4.87. The van der Waals surface area contributed by atoms with Crippen molar-refractivity contribution in [1.82, 2.24) is 9.97 Å². The molecule has 0 bridgehead atoms. The molecule has 0 atom stereocenters. The third-order valence-corrected chi connectivity index (χ3v) is 2.39. The van der Waals surface area contributed by atoms with Crippen LogP contribution in [0.3, 0.4) is 0 Å².